The molecule has 0 bridgehead atoms. The van der Waals surface area contributed by atoms with Gasteiger partial charge in [0.15, 0.2) is 0 Å². The second-order valence-electron chi connectivity index (χ2n) is 6.98. The average Bonchev–Trinajstić information content (AvgIpc) is 2.85. The Bertz CT molecular complexity index is 918. The molecule has 0 unspecified atom stereocenters. The Labute approximate surface area is 177 Å². The maximum absolute atomic E-state index is 13.8. The number of para-hydroxylation sites is 2. The molecule has 2 aromatic carbocycles. The number of halogens is 4. The Hall–Kier alpha value is -2.58. The monoisotopic (exact) mass is 439 g/mol. The lowest BCUT2D eigenvalue weighted by Gasteiger charge is -2.32. The van der Waals surface area contributed by atoms with Crippen molar-refractivity contribution in [2.45, 2.75) is 38.0 Å². The summed E-state index contributed by atoms with van der Waals surface area (Å²) in [6.07, 6.45) is -5.00. The zero-order chi connectivity index (χ0) is 21.9. The van der Waals surface area contributed by atoms with Gasteiger partial charge in [-0.15, -0.1) is 0 Å². The van der Waals surface area contributed by atoms with E-state index < -0.39 is 30.5 Å². The minimum absolute atomic E-state index is 0.0250. The van der Waals surface area contributed by atoms with Gasteiger partial charge in [-0.1, -0.05) is 42.8 Å². The molecule has 0 fully saturated rings. The van der Waals surface area contributed by atoms with Gasteiger partial charge in [0.1, 0.15) is 6.04 Å². The fourth-order valence-electron chi connectivity index (χ4n) is 3.48. The topological polar surface area (TPSA) is 61.4 Å². The van der Waals surface area contributed by atoms with Crippen LogP contribution < -0.4 is 15.5 Å². The minimum atomic E-state index is -4.76. The predicted octanol–water partition coefficient (Wildman–Crippen LogP) is 4.69. The molecule has 2 atom stereocenters. The molecule has 0 radical (unpaired) electrons. The van der Waals surface area contributed by atoms with E-state index in [1.54, 1.807) is 30.3 Å². The molecule has 9 heteroatoms. The van der Waals surface area contributed by atoms with E-state index in [4.69, 9.17) is 11.6 Å². The van der Waals surface area contributed by atoms with Crippen LogP contribution in [0.5, 0.6) is 0 Å². The average molecular weight is 440 g/mol. The predicted molar refractivity (Wildman–Crippen MR) is 110 cm³/mol. The Morgan fingerprint density at radius 3 is 2.53 bits per heavy atom. The highest BCUT2D eigenvalue weighted by molar-refractivity contribution is 6.30. The van der Waals surface area contributed by atoms with Crippen LogP contribution in [0.25, 0.3) is 0 Å². The summed E-state index contributed by atoms with van der Waals surface area (Å²) in [6.45, 7) is 1.58. The molecule has 0 aliphatic carbocycles. The van der Waals surface area contributed by atoms with Gasteiger partial charge in [-0.3, -0.25) is 14.5 Å². The lowest BCUT2D eigenvalue weighted by molar-refractivity contribution is -0.157. The van der Waals surface area contributed by atoms with Crippen molar-refractivity contribution in [3.8, 4) is 0 Å². The number of hydrogen-bond donors (Lipinski definition) is 2. The maximum atomic E-state index is 13.8. The van der Waals surface area contributed by atoms with Gasteiger partial charge < -0.3 is 10.6 Å². The van der Waals surface area contributed by atoms with Crippen LogP contribution in [0.4, 0.5) is 24.5 Å². The van der Waals surface area contributed by atoms with Crippen molar-refractivity contribution in [2.24, 2.45) is 0 Å². The van der Waals surface area contributed by atoms with Crippen LogP contribution >= 0.6 is 11.6 Å². The highest BCUT2D eigenvalue weighted by Crippen LogP contribution is 2.37. The molecule has 2 aromatic rings. The summed E-state index contributed by atoms with van der Waals surface area (Å²) in [7, 11) is 0. The molecule has 2 N–H and O–H groups in total. The first-order valence-corrected chi connectivity index (χ1v) is 9.85. The summed E-state index contributed by atoms with van der Waals surface area (Å²) >= 11 is 5.90. The zero-order valence-corrected chi connectivity index (χ0v) is 16.9. The molecule has 0 aromatic heterocycles. The molecule has 3 rings (SSSR count). The maximum Gasteiger partial charge on any atom is 0.409 e. The van der Waals surface area contributed by atoms with Crippen molar-refractivity contribution in [1.29, 1.82) is 0 Å². The summed E-state index contributed by atoms with van der Waals surface area (Å²) in [4.78, 5) is 25.7. The number of benzene rings is 2. The van der Waals surface area contributed by atoms with Crippen molar-refractivity contribution in [3.63, 3.8) is 0 Å². The smallest absolute Gasteiger partial charge is 0.324 e. The quantitative estimate of drug-likeness (QED) is 0.710. The van der Waals surface area contributed by atoms with Gasteiger partial charge >= 0.3 is 6.18 Å². The van der Waals surface area contributed by atoms with E-state index in [1.807, 2.05) is 6.92 Å². The number of hydrogen-bond acceptors (Lipinski definition) is 3. The van der Waals surface area contributed by atoms with Crippen LogP contribution in [0, 0.1) is 0 Å². The first kappa shape index (κ1) is 22.1. The second kappa shape index (κ2) is 9.06. The molecule has 0 saturated heterocycles. The normalized spacial score (nSPS) is 17.7. The van der Waals surface area contributed by atoms with E-state index >= 15 is 0 Å². The van der Waals surface area contributed by atoms with Gasteiger partial charge in [0, 0.05) is 11.1 Å². The number of carbonyl (C=O) groups excluding carboxylic acids is 2. The van der Waals surface area contributed by atoms with Crippen molar-refractivity contribution >= 4 is 34.8 Å². The fraction of sp³-hybridized carbons (Fsp3) is 0.333. The number of rotatable bonds is 5. The van der Waals surface area contributed by atoms with Gasteiger partial charge in [0.25, 0.3) is 0 Å². The van der Waals surface area contributed by atoms with Crippen molar-refractivity contribution in [1.82, 2.24) is 5.32 Å². The lowest BCUT2D eigenvalue weighted by Crippen LogP contribution is -2.52. The number of nitrogens with zero attached hydrogens (tertiary/aromatic N) is 1. The third-order valence-corrected chi connectivity index (χ3v) is 5.21. The Morgan fingerprint density at radius 1 is 1.23 bits per heavy atom. The number of nitrogens with one attached hydrogen (secondary N) is 2. The molecule has 0 saturated carbocycles. The van der Waals surface area contributed by atoms with E-state index in [1.165, 1.54) is 18.2 Å². The largest absolute Gasteiger partial charge is 0.409 e. The summed E-state index contributed by atoms with van der Waals surface area (Å²) < 4.78 is 41.3. The standard InChI is InChI=1S/C21H21ClF3N3O2/c1-2-15(13-7-9-14(22)10-8-13)26-12-20(30)28-17-6-4-3-5-16(17)27-19(29)11-18(28)21(23,24)25/h3-10,15,18,26H,2,11-12H2,1H3,(H,27,29)/t15-,18-/m0/s1. The van der Waals surface area contributed by atoms with Crippen molar-refractivity contribution < 1.29 is 22.8 Å². The van der Waals surface area contributed by atoms with Gasteiger partial charge in [0.2, 0.25) is 11.8 Å². The SMILES string of the molecule is CC[C@H](NCC(=O)N1c2ccccc2NC(=O)C[C@H]1C(F)(F)F)c1ccc(Cl)cc1. The molecule has 0 spiro atoms. The summed E-state index contributed by atoms with van der Waals surface area (Å²) in [5.41, 5.74) is 1.07. The van der Waals surface area contributed by atoms with Crippen molar-refractivity contribution in [2.75, 3.05) is 16.8 Å². The van der Waals surface area contributed by atoms with Crippen molar-refractivity contribution in [3.05, 3.63) is 59.1 Å². The van der Waals surface area contributed by atoms with Crippen LogP contribution in [-0.4, -0.2) is 30.6 Å². The third kappa shape index (κ3) is 4.94. The van der Waals surface area contributed by atoms with E-state index in [0.29, 0.717) is 16.3 Å². The van der Waals surface area contributed by atoms with Gasteiger partial charge in [0.05, 0.1) is 24.3 Å². The van der Waals surface area contributed by atoms with Gasteiger partial charge in [-0.05, 0) is 36.2 Å². The van der Waals surface area contributed by atoms with Gasteiger partial charge in [-0.25, -0.2) is 0 Å². The van der Waals surface area contributed by atoms with Gasteiger partial charge in [-0.2, -0.15) is 13.2 Å². The lowest BCUT2D eigenvalue weighted by atomic mass is 10.0. The van der Waals surface area contributed by atoms with E-state index in [9.17, 15) is 22.8 Å². The molecular formula is C21H21ClF3N3O2. The zero-order valence-electron chi connectivity index (χ0n) is 16.2. The molecule has 160 valence electrons. The minimum Gasteiger partial charge on any atom is -0.324 e. The van der Waals surface area contributed by atoms with Crippen LogP contribution in [0.15, 0.2) is 48.5 Å². The molecule has 2 amide bonds. The van der Waals surface area contributed by atoms with E-state index in [-0.39, 0.29) is 24.0 Å². The van der Waals surface area contributed by atoms with Crippen LogP contribution in [0.3, 0.4) is 0 Å². The number of alkyl halides is 3. The summed E-state index contributed by atoms with van der Waals surface area (Å²) in [5.74, 6) is -1.56. The molecule has 1 aliphatic rings. The number of carbonyl (C=O) groups is 2. The van der Waals surface area contributed by atoms with E-state index in [0.717, 1.165) is 5.56 Å². The second-order valence-corrected chi connectivity index (χ2v) is 7.42. The molecule has 5 nitrogen and oxygen atoms in total. The Kier molecular flexibility index (Phi) is 6.67. The number of fused-ring (bicyclic) bond motifs is 1. The first-order chi connectivity index (χ1) is 14.2. The molecule has 1 aliphatic heterocycles. The first-order valence-electron chi connectivity index (χ1n) is 9.47. The Balaban J connectivity index is 1.87. The fourth-order valence-corrected chi connectivity index (χ4v) is 3.61. The summed E-state index contributed by atoms with van der Waals surface area (Å²) in [5, 5.41) is 6.05. The molecule has 1 heterocycles. The highest BCUT2D eigenvalue weighted by Gasteiger charge is 2.48. The van der Waals surface area contributed by atoms with E-state index in [2.05, 4.69) is 10.6 Å². The van der Waals surface area contributed by atoms with Crippen LogP contribution in [0.1, 0.15) is 31.4 Å². The molecular weight excluding hydrogens is 419 g/mol. The van der Waals surface area contributed by atoms with Crippen LogP contribution in [-0.2, 0) is 9.59 Å². The summed E-state index contributed by atoms with van der Waals surface area (Å²) in [6, 6.07) is 10.5. The Morgan fingerprint density at radius 2 is 1.90 bits per heavy atom. The molecule has 30 heavy (non-hydrogen) atoms. The third-order valence-electron chi connectivity index (χ3n) is 4.95. The highest BCUT2D eigenvalue weighted by atomic mass is 35.5. The number of amides is 2. The number of anilines is 2. The van der Waals surface area contributed by atoms with Crippen LogP contribution in [0.2, 0.25) is 5.02 Å².